The number of nitrogens with one attached hydrogen (secondary N) is 1. The first-order chi connectivity index (χ1) is 17.7. The summed E-state index contributed by atoms with van der Waals surface area (Å²) in [5.41, 5.74) is 0.190. The van der Waals surface area contributed by atoms with E-state index in [9.17, 15) is 15.0 Å². The molecule has 0 unspecified atom stereocenters. The SMILES string of the molecule is CCCc1ccccc1Oc1cc(O)n([C@@H](CC2CCCCC2)C(=O)Nc2ccn(CC(C)(C)O)n2)c1. The number of carbonyl (C=O) groups is 1. The van der Waals surface area contributed by atoms with Gasteiger partial charge in [-0.25, -0.2) is 0 Å². The quantitative estimate of drug-likeness (QED) is 0.292. The van der Waals surface area contributed by atoms with E-state index in [1.807, 2.05) is 24.3 Å². The number of ether oxygens (including phenoxy) is 1. The molecule has 200 valence electrons. The minimum atomic E-state index is -0.917. The van der Waals surface area contributed by atoms with Gasteiger partial charge in [-0.05, 0) is 44.2 Å². The number of nitrogens with zero attached hydrogens (tertiary/aromatic N) is 3. The minimum Gasteiger partial charge on any atom is -0.494 e. The van der Waals surface area contributed by atoms with E-state index in [0.29, 0.717) is 30.5 Å². The van der Waals surface area contributed by atoms with E-state index in [4.69, 9.17) is 4.74 Å². The van der Waals surface area contributed by atoms with Crippen LogP contribution >= 0.6 is 0 Å². The summed E-state index contributed by atoms with van der Waals surface area (Å²) in [6, 6.07) is 10.6. The molecule has 2 aromatic heterocycles. The van der Waals surface area contributed by atoms with Crippen LogP contribution in [0.5, 0.6) is 17.4 Å². The molecule has 8 nitrogen and oxygen atoms in total. The molecule has 1 aliphatic rings. The first-order valence-corrected chi connectivity index (χ1v) is 13.4. The normalized spacial score (nSPS) is 15.5. The van der Waals surface area contributed by atoms with E-state index in [0.717, 1.165) is 37.0 Å². The van der Waals surface area contributed by atoms with Crippen LogP contribution in [0.4, 0.5) is 5.82 Å². The van der Waals surface area contributed by atoms with E-state index in [-0.39, 0.29) is 11.8 Å². The maximum atomic E-state index is 13.6. The van der Waals surface area contributed by atoms with Crippen LogP contribution < -0.4 is 10.1 Å². The fourth-order valence-corrected chi connectivity index (χ4v) is 5.16. The van der Waals surface area contributed by atoms with Gasteiger partial charge in [-0.3, -0.25) is 9.48 Å². The van der Waals surface area contributed by atoms with Gasteiger partial charge in [0.25, 0.3) is 0 Å². The fourth-order valence-electron chi connectivity index (χ4n) is 5.16. The number of aromatic nitrogens is 3. The molecule has 37 heavy (non-hydrogen) atoms. The number of aliphatic hydroxyl groups is 1. The fraction of sp³-hybridized carbons (Fsp3) is 0.517. The van der Waals surface area contributed by atoms with E-state index in [2.05, 4.69) is 17.3 Å². The van der Waals surface area contributed by atoms with Gasteiger partial charge in [0, 0.05) is 18.3 Å². The molecule has 1 fully saturated rings. The lowest BCUT2D eigenvalue weighted by Crippen LogP contribution is -2.29. The third kappa shape index (κ3) is 7.38. The van der Waals surface area contributed by atoms with Gasteiger partial charge in [0.15, 0.2) is 11.7 Å². The zero-order valence-corrected chi connectivity index (χ0v) is 22.2. The molecule has 2 heterocycles. The van der Waals surface area contributed by atoms with Crippen molar-refractivity contribution in [2.75, 3.05) is 5.32 Å². The van der Waals surface area contributed by atoms with E-state index >= 15 is 0 Å². The number of benzene rings is 1. The van der Waals surface area contributed by atoms with E-state index in [1.54, 1.807) is 47.6 Å². The van der Waals surface area contributed by atoms with E-state index < -0.39 is 11.6 Å². The van der Waals surface area contributed by atoms with Crippen molar-refractivity contribution >= 4 is 11.7 Å². The predicted octanol–water partition coefficient (Wildman–Crippen LogP) is 6.06. The van der Waals surface area contributed by atoms with E-state index in [1.165, 1.54) is 19.3 Å². The summed E-state index contributed by atoms with van der Waals surface area (Å²) in [5.74, 6) is 1.84. The van der Waals surface area contributed by atoms with Crippen LogP contribution in [0.1, 0.15) is 77.3 Å². The number of rotatable bonds is 11. The van der Waals surface area contributed by atoms with Crippen molar-refractivity contribution < 1.29 is 19.7 Å². The molecule has 3 aromatic rings. The number of aromatic hydroxyl groups is 1. The third-order valence-electron chi connectivity index (χ3n) is 6.88. The molecular formula is C29H40N4O4. The Morgan fingerprint density at radius 1 is 1.22 bits per heavy atom. The van der Waals surface area contributed by atoms with Crippen LogP contribution in [0.15, 0.2) is 48.8 Å². The van der Waals surface area contributed by atoms with Crippen LogP contribution in [-0.4, -0.2) is 36.1 Å². The number of aryl methyl sites for hydroxylation is 1. The second-order valence-electron chi connectivity index (χ2n) is 10.9. The summed E-state index contributed by atoms with van der Waals surface area (Å²) < 4.78 is 9.39. The molecule has 8 heteroatoms. The Hall–Kier alpha value is -3.26. The number of carbonyl (C=O) groups excluding carboxylic acids is 1. The van der Waals surface area contributed by atoms with Gasteiger partial charge in [0.05, 0.1) is 18.3 Å². The number of anilines is 1. The van der Waals surface area contributed by atoms with Gasteiger partial charge >= 0.3 is 0 Å². The highest BCUT2D eigenvalue weighted by Gasteiger charge is 2.29. The lowest BCUT2D eigenvalue weighted by Gasteiger charge is -2.27. The maximum Gasteiger partial charge on any atom is 0.248 e. The van der Waals surface area contributed by atoms with Gasteiger partial charge in [-0.1, -0.05) is 63.6 Å². The Morgan fingerprint density at radius 2 is 1.97 bits per heavy atom. The average molecular weight is 509 g/mol. The molecule has 4 rings (SSSR count). The van der Waals surface area contributed by atoms with Gasteiger partial charge in [0.2, 0.25) is 5.91 Å². The smallest absolute Gasteiger partial charge is 0.248 e. The number of hydrogen-bond acceptors (Lipinski definition) is 5. The molecule has 1 aliphatic carbocycles. The number of hydrogen-bond donors (Lipinski definition) is 3. The molecule has 0 spiro atoms. The number of amides is 1. The van der Waals surface area contributed by atoms with Crippen LogP contribution in [0.3, 0.4) is 0 Å². The zero-order valence-electron chi connectivity index (χ0n) is 22.2. The summed E-state index contributed by atoms with van der Waals surface area (Å²) in [6.45, 7) is 5.86. The van der Waals surface area contributed by atoms with Gasteiger partial charge in [-0.15, -0.1) is 0 Å². The van der Waals surface area contributed by atoms with Crippen molar-refractivity contribution in [2.24, 2.45) is 5.92 Å². The predicted molar refractivity (Wildman–Crippen MR) is 144 cm³/mol. The molecule has 3 N–H and O–H groups in total. The average Bonchev–Trinajstić information content (AvgIpc) is 3.43. The van der Waals surface area contributed by atoms with Crippen molar-refractivity contribution in [3.63, 3.8) is 0 Å². The highest BCUT2D eigenvalue weighted by Crippen LogP contribution is 2.36. The molecule has 0 radical (unpaired) electrons. The molecule has 0 saturated heterocycles. The van der Waals surface area contributed by atoms with Crippen LogP contribution in [0.25, 0.3) is 0 Å². The summed E-state index contributed by atoms with van der Waals surface area (Å²) in [7, 11) is 0. The Kier molecular flexibility index (Phi) is 8.59. The third-order valence-corrected chi connectivity index (χ3v) is 6.88. The van der Waals surface area contributed by atoms with Crippen molar-refractivity contribution in [1.29, 1.82) is 0 Å². The second kappa shape index (κ2) is 11.9. The van der Waals surface area contributed by atoms with Crippen molar-refractivity contribution in [1.82, 2.24) is 14.3 Å². The zero-order chi connectivity index (χ0) is 26.4. The Morgan fingerprint density at radius 3 is 2.70 bits per heavy atom. The summed E-state index contributed by atoms with van der Waals surface area (Å²) in [6.07, 6.45) is 11.7. The Balaban J connectivity index is 1.55. The standard InChI is InChI=1S/C29H40N4O4/c1-4-10-22-13-8-9-14-25(22)37-23-18-27(34)33(19-23)24(17-21-11-6-5-7-12-21)28(35)30-26-15-16-32(31-26)20-29(2,3)36/h8-9,13-16,18-19,21,24,34,36H,4-7,10-12,17,20H2,1-3H3,(H,30,31,35)/t24-/m0/s1. The molecule has 1 aromatic carbocycles. The Bertz CT molecular complexity index is 1170. The summed E-state index contributed by atoms with van der Waals surface area (Å²) in [4.78, 5) is 13.6. The Labute approximate surface area is 219 Å². The lowest BCUT2D eigenvalue weighted by molar-refractivity contribution is -0.120. The number of para-hydroxylation sites is 1. The van der Waals surface area contributed by atoms with Crippen molar-refractivity contribution in [2.45, 2.75) is 90.3 Å². The first-order valence-electron chi connectivity index (χ1n) is 13.4. The first kappa shape index (κ1) is 26.8. The topological polar surface area (TPSA) is 102 Å². The second-order valence-corrected chi connectivity index (χ2v) is 10.9. The van der Waals surface area contributed by atoms with Gasteiger partial charge in [-0.2, -0.15) is 5.10 Å². The maximum absolute atomic E-state index is 13.6. The minimum absolute atomic E-state index is 0.00788. The molecular weight excluding hydrogens is 468 g/mol. The van der Waals surface area contributed by atoms with Gasteiger partial charge in [0.1, 0.15) is 17.5 Å². The van der Waals surface area contributed by atoms with Crippen molar-refractivity contribution in [3.8, 4) is 17.4 Å². The molecule has 0 aliphatic heterocycles. The largest absolute Gasteiger partial charge is 0.494 e. The summed E-state index contributed by atoms with van der Waals surface area (Å²) in [5, 5.41) is 28.3. The lowest BCUT2D eigenvalue weighted by atomic mass is 9.84. The molecule has 1 amide bonds. The highest BCUT2D eigenvalue weighted by molar-refractivity contribution is 5.93. The van der Waals surface area contributed by atoms with Crippen LogP contribution in [0.2, 0.25) is 0 Å². The molecule has 1 atom stereocenters. The van der Waals surface area contributed by atoms with Gasteiger partial charge < -0.3 is 24.8 Å². The van der Waals surface area contributed by atoms with Crippen molar-refractivity contribution in [3.05, 3.63) is 54.4 Å². The van der Waals surface area contributed by atoms with Crippen LogP contribution in [-0.2, 0) is 17.8 Å². The monoisotopic (exact) mass is 508 g/mol. The highest BCUT2D eigenvalue weighted by atomic mass is 16.5. The van der Waals surface area contributed by atoms with Crippen LogP contribution in [0, 0.1) is 5.92 Å². The molecule has 0 bridgehead atoms. The summed E-state index contributed by atoms with van der Waals surface area (Å²) >= 11 is 0. The molecule has 1 saturated carbocycles.